The number of nitrogens with one attached hydrogen (secondary N) is 1. The second-order valence-corrected chi connectivity index (χ2v) is 3.78. The molecule has 4 nitrogen and oxygen atoms in total. The van der Waals surface area contributed by atoms with Crippen molar-refractivity contribution in [3.63, 3.8) is 0 Å². The first kappa shape index (κ1) is 14.9. The quantitative estimate of drug-likeness (QED) is 0.486. The third-order valence-electron chi connectivity index (χ3n) is 2.13. The second kappa shape index (κ2) is 10.5. The molecule has 4 heteroatoms. The molecule has 1 N–H and O–H groups in total. The summed E-state index contributed by atoms with van der Waals surface area (Å²) in [6, 6.07) is 0. The molecule has 0 radical (unpaired) electrons. The van der Waals surface area contributed by atoms with Crippen LogP contribution in [0.25, 0.3) is 0 Å². The average Bonchev–Trinajstić information content (AvgIpc) is 2.26. The number of esters is 1. The Bertz CT molecular complexity index is 204. The van der Waals surface area contributed by atoms with Gasteiger partial charge < -0.3 is 10.1 Å². The van der Waals surface area contributed by atoms with Crippen LogP contribution in [0, 0.1) is 0 Å². The van der Waals surface area contributed by atoms with E-state index in [2.05, 4.69) is 12.2 Å². The van der Waals surface area contributed by atoms with Crippen LogP contribution >= 0.6 is 0 Å². The first-order valence-corrected chi connectivity index (χ1v) is 6.13. The maximum absolute atomic E-state index is 11.3. The predicted octanol–water partition coefficient (Wildman–Crippen LogP) is 2.03. The molecule has 0 saturated heterocycles. The summed E-state index contributed by atoms with van der Waals surface area (Å²) in [7, 11) is 0. The fourth-order valence-corrected chi connectivity index (χ4v) is 1.22. The summed E-state index contributed by atoms with van der Waals surface area (Å²) >= 11 is 0. The molecule has 0 heterocycles. The molecule has 0 aromatic heterocycles. The summed E-state index contributed by atoms with van der Waals surface area (Å²) in [5.41, 5.74) is 0. The highest BCUT2D eigenvalue weighted by Gasteiger charge is 2.04. The van der Waals surface area contributed by atoms with Gasteiger partial charge in [-0.3, -0.25) is 9.59 Å². The van der Waals surface area contributed by atoms with Crippen molar-refractivity contribution in [2.24, 2.45) is 0 Å². The molecule has 1 amide bonds. The Hall–Kier alpha value is -1.06. The van der Waals surface area contributed by atoms with Crippen molar-refractivity contribution in [3.8, 4) is 0 Å². The number of rotatable bonds is 9. The van der Waals surface area contributed by atoms with Crippen molar-refractivity contribution >= 4 is 11.9 Å². The molecule has 0 aromatic rings. The SMILES string of the molecule is CCCCCC(=O)NCCC(=O)OCCC. The van der Waals surface area contributed by atoms with E-state index >= 15 is 0 Å². The van der Waals surface area contributed by atoms with Crippen LogP contribution in [-0.4, -0.2) is 25.0 Å². The smallest absolute Gasteiger partial charge is 0.307 e. The Labute approximate surface area is 97.7 Å². The number of amides is 1. The fourth-order valence-electron chi connectivity index (χ4n) is 1.22. The zero-order valence-corrected chi connectivity index (χ0v) is 10.4. The molecule has 0 aromatic carbocycles. The van der Waals surface area contributed by atoms with Crippen LogP contribution in [0.2, 0.25) is 0 Å². The summed E-state index contributed by atoms with van der Waals surface area (Å²) in [6.45, 7) is 4.89. The fraction of sp³-hybridized carbons (Fsp3) is 0.833. The highest BCUT2D eigenvalue weighted by Crippen LogP contribution is 1.98. The number of carbonyl (C=O) groups is 2. The van der Waals surface area contributed by atoms with E-state index in [1.807, 2.05) is 6.92 Å². The lowest BCUT2D eigenvalue weighted by Crippen LogP contribution is -2.26. The van der Waals surface area contributed by atoms with Gasteiger partial charge in [0.05, 0.1) is 13.0 Å². The number of hydrogen-bond acceptors (Lipinski definition) is 3. The Kier molecular flexibility index (Phi) is 9.76. The highest BCUT2D eigenvalue weighted by atomic mass is 16.5. The molecule has 0 saturated carbocycles. The van der Waals surface area contributed by atoms with Crippen molar-refractivity contribution in [3.05, 3.63) is 0 Å². The van der Waals surface area contributed by atoms with E-state index in [1.165, 1.54) is 0 Å². The van der Waals surface area contributed by atoms with Gasteiger partial charge in [0.25, 0.3) is 0 Å². The lowest BCUT2D eigenvalue weighted by Gasteiger charge is -2.05. The summed E-state index contributed by atoms with van der Waals surface area (Å²) in [6.07, 6.45) is 4.75. The normalized spacial score (nSPS) is 9.88. The molecular weight excluding hydrogens is 206 g/mol. The van der Waals surface area contributed by atoms with Gasteiger partial charge in [0, 0.05) is 13.0 Å². The van der Waals surface area contributed by atoms with E-state index in [1.54, 1.807) is 0 Å². The molecule has 0 bridgehead atoms. The Morgan fingerprint density at radius 3 is 2.44 bits per heavy atom. The molecule has 94 valence electrons. The largest absolute Gasteiger partial charge is 0.466 e. The molecule has 16 heavy (non-hydrogen) atoms. The predicted molar refractivity (Wildman–Crippen MR) is 63.0 cm³/mol. The number of hydrogen-bond donors (Lipinski definition) is 1. The lowest BCUT2D eigenvalue weighted by molar-refractivity contribution is -0.143. The van der Waals surface area contributed by atoms with Gasteiger partial charge in [0.2, 0.25) is 5.91 Å². The summed E-state index contributed by atoms with van der Waals surface area (Å²) in [5, 5.41) is 2.71. The molecular formula is C12H23NO3. The van der Waals surface area contributed by atoms with Crippen molar-refractivity contribution in [1.29, 1.82) is 0 Å². The Balaban J connectivity index is 3.36. The van der Waals surface area contributed by atoms with Crippen LogP contribution in [0.15, 0.2) is 0 Å². The standard InChI is InChI=1S/C12H23NO3/c1-3-5-6-7-11(14)13-9-8-12(15)16-10-4-2/h3-10H2,1-2H3,(H,13,14). The van der Waals surface area contributed by atoms with Crippen LogP contribution in [0.5, 0.6) is 0 Å². The maximum Gasteiger partial charge on any atom is 0.307 e. The summed E-state index contributed by atoms with van der Waals surface area (Å²) < 4.78 is 4.88. The van der Waals surface area contributed by atoms with Crippen LogP contribution in [0.3, 0.4) is 0 Å². The Morgan fingerprint density at radius 2 is 1.81 bits per heavy atom. The van der Waals surface area contributed by atoms with E-state index < -0.39 is 0 Å². The minimum atomic E-state index is -0.240. The molecule has 0 spiro atoms. The van der Waals surface area contributed by atoms with E-state index in [0.717, 1.165) is 25.7 Å². The second-order valence-electron chi connectivity index (χ2n) is 3.78. The Morgan fingerprint density at radius 1 is 1.06 bits per heavy atom. The van der Waals surface area contributed by atoms with Gasteiger partial charge in [-0.15, -0.1) is 0 Å². The molecule has 0 rings (SSSR count). The van der Waals surface area contributed by atoms with Crippen molar-refractivity contribution in [2.75, 3.05) is 13.2 Å². The maximum atomic E-state index is 11.3. The number of unbranched alkanes of at least 4 members (excludes halogenated alkanes) is 2. The molecule has 0 aliphatic rings. The van der Waals surface area contributed by atoms with Gasteiger partial charge in [-0.25, -0.2) is 0 Å². The molecule has 0 fully saturated rings. The van der Waals surface area contributed by atoms with Crippen molar-refractivity contribution in [1.82, 2.24) is 5.32 Å². The van der Waals surface area contributed by atoms with Gasteiger partial charge in [-0.2, -0.15) is 0 Å². The van der Waals surface area contributed by atoms with Crippen LogP contribution in [-0.2, 0) is 14.3 Å². The lowest BCUT2D eigenvalue weighted by atomic mass is 10.2. The molecule has 0 unspecified atom stereocenters. The van der Waals surface area contributed by atoms with Crippen molar-refractivity contribution in [2.45, 2.75) is 52.4 Å². The molecule has 0 aliphatic heterocycles. The van der Waals surface area contributed by atoms with Gasteiger partial charge in [-0.1, -0.05) is 26.7 Å². The van der Waals surface area contributed by atoms with Crippen LogP contribution < -0.4 is 5.32 Å². The molecule has 0 aliphatic carbocycles. The highest BCUT2D eigenvalue weighted by molar-refractivity contribution is 5.76. The minimum Gasteiger partial charge on any atom is -0.466 e. The zero-order chi connectivity index (χ0) is 12.2. The van der Waals surface area contributed by atoms with Gasteiger partial charge in [-0.05, 0) is 12.8 Å². The van der Waals surface area contributed by atoms with E-state index in [0.29, 0.717) is 19.6 Å². The van der Waals surface area contributed by atoms with Gasteiger partial charge in [0.15, 0.2) is 0 Å². The number of carbonyl (C=O) groups excluding carboxylic acids is 2. The van der Waals surface area contributed by atoms with Gasteiger partial charge >= 0.3 is 5.97 Å². The third-order valence-corrected chi connectivity index (χ3v) is 2.13. The monoisotopic (exact) mass is 229 g/mol. The van der Waals surface area contributed by atoms with Crippen LogP contribution in [0.4, 0.5) is 0 Å². The minimum absolute atomic E-state index is 0.0248. The summed E-state index contributed by atoms with van der Waals surface area (Å²) in [5.74, 6) is -0.215. The zero-order valence-electron chi connectivity index (χ0n) is 10.4. The van der Waals surface area contributed by atoms with E-state index in [4.69, 9.17) is 4.74 Å². The van der Waals surface area contributed by atoms with Crippen LogP contribution in [0.1, 0.15) is 52.4 Å². The number of ether oxygens (including phenoxy) is 1. The van der Waals surface area contributed by atoms with Gasteiger partial charge in [0.1, 0.15) is 0 Å². The topological polar surface area (TPSA) is 55.4 Å². The average molecular weight is 229 g/mol. The van der Waals surface area contributed by atoms with E-state index in [-0.39, 0.29) is 18.3 Å². The first-order chi connectivity index (χ1) is 7.70. The van der Waals surface area contributed by atoms with E-state index in [9.17, 15) is 9.59 Å². The first-order valence-electron chi connectivity index (χ1n) is 6.13. The third kappa shape index (κ3) is 9.49. The summed E-state index contributed by atoms with van der Waals surface area (Å²) in [4.78, 5) is 22.3. The van der Waals surface area contributed by atoms with Crippen molar-refractivity contribution < 1.29 is 14.3 Å². The molecule has 0 atom stereocenters.